The number of hydrogen-bond donors (Lipinski definition) is 0. The van der Waals surface area contributed by atoms with Crippen LogP contribution in [-0.4, -0.2) is 28.2 Å². The summed E-state index contributed by atoms with van der Waals surface area (Å²) in [6.07, 6.45) is 1.56. The second-order valence-corrected chi connectivity index (χ2v) is 5.27. The first-order valence-electron chi connectivity index (χ1n) is 7.12. The van der Waals surface area contributed by atoms with E-state index in [1.807, 2.05) is 6.92 Å². The maximum Gasteiger partial charge on any atom is 0.270 e. The van der Waals surface area contributed by atoms with E-state index >= 15 is 0 Å². The summed E-state index contributed by atoms with van der Waals surface area (Å²) in [6.45, 7) is 2.30. The number of hydrogen-bond acceptors (Lipinski definition) is 4. The molecular formula is C16H14N2O4. The van der Waals surface area contributed by atoms with Crippen LogP contribution in [0.1, 0.15) is 40.5 Å². The largest absolute Gasteiger partial charge is 0.274 e. The van der Waals surface area contributed by atoms with Crippen LogP contribution in [0.5, 0.6) is 0 Å². The Labute approximate surface area is 126 Å². The Morgan fingerprint density at radius 3 is 2.55 bits per heavy atom. The fourth-order valence-electron chi connectivity index (χ4n) is 2.77. The van der Waals surface area contributed by atoms with E-state index in [2.05, 4.69) is 0 Å². The van der Waals surface area contributed by atoms with Crippen molar-refractivity contribution in [2.75, 3.05) is 6.54 Å². The maximum absolute atomic E-state index is 12.6. The van der Waals surface area contributed by atoms with Crippen LogP contribution in [0.25, 0.3) is 10.8 Å². The Balaban J connectivity index is 2.25. The number of carbonyl (C=O) groups is 2. The van der Waals surface area contributed by atoms with Gasteiger partial charge in [-0.05, 0) is 17.9 Å². The third-order valence-corrected chi connectivity index (χ3v) is 3.86. The number of unbranched alkanes of at least 4 members (excludes halogenated alkanes) is 1. The summed E-state index contributed by atoms with van der Waals surface area (Å²) < 4.78 is 0. The third-order valence-electron chi connectivity index (χ3n) is 3.86. The molecule has 0 atom stereocenters. The van der Waals surface area contributed by atoms with Gasteiger partial charge in [0, 0.05) is 29.6 Å². The molecule has 1 heterocycles. The first-order valence-corrected chi connectivity index (χ1v) is 7.12. The Hall–Kier alpha value is -2.76. The lowest BCUT2D eigenvalue weighted by Gasteiger charge is -2.26. The highest BCUT2D eigenvalue weighted by Gasteiger charge is 2.33. The van der Waals surface area contributed by atoms with E-state index in [1.165, 1.54) is 17.0 Å². The standard InChI is InChI=1S/C16H14N2O4/c1-2-3-7-17-15(19)12-6-4-5-10-8-11(18(21)22)9-13(14(10)12)16(17)20/h4-6,8-9H,2-3,7H2,1H3. The smallest absolute Gasteiger partial charge is 0.270 e. The Bertz CT molecular complexity index is 813. The van der Waals surface area contributed by atoms with E-state index in [4.69, 9.17) is 0 Å². The molecule has 2 amide bonds. The van der Waals surface area contributed by atoms with Gasteiger partial charge in [-0.15, -0.1) is 0 Å². The summed E-state index contributed by atoms with van der Waals surface area (Å²) in [5.41, 5.74) is 0.520. The van der Waals surface area contributed by atoms with Gasteiger partial charge in [0.05, 0.1) is 10.5 Å². The Kier molecular flexibility index (Phi) is 3.36. The molecule has 22 heavy (non-hydrogen) atoms. The Morgan fingerprint density at radius 2 is 1.86 bits per heavy atom. The molecule has 0 bridgehead atoms. The molecule has 3 rings (SSSR count). The first-order chi connectivity index (χ1) is 10.5. The highest BCUT2D eigenvalue weighted by Crippen LogP contribution is 2.33. The molecule has 1 aliphatic rings. The van der Waals surface area contributed by atoms with Crippen molar-refractivity contribution in [3.05, 3.63) is 51.6 Å². The van der Waals surface area contributed by atoms with Crippen LogP contribution in [0.2, 0.25) is 0 Å². The Morgan fingerprint density at radius 1 is 1.14 bits per heavy atom. The van der Waals surface area contributed by atoms with E-state index in [0.717, 1.165) is 6.42 Å². The fraction of sp³-hybridized carbons (Fsp3) is 0.250. The molecule has 0 radical (unpaired) electrons. The number of nitrogens with zero attached hydrogens (tertiary/aromatic N) is 2. The molecule has 2 aromatic carbocycles. The van der Waals surface area contributed by atoms with E-state index in [9.17, 15) is 19.7 Å². The van der Waals surface area contributed by atoms with E-state index in [1.54, 1.807) is 18.2 Å². The SMILES string of the molecule is CCCCN1C(=O)c2cccc3cc([N+](=O)[O-])cc(c23)C1=O. The number of rotatable bonds is 4. The van der Waals surface area contributed by atoms with Gasteiger partial charge in [-0.1, -0.05) is 25.5 Å². The second kappa shape index (κ2) is 5.22. The monoisotopic (exact) mass is 298 g/mol. The van der Waals surface area contributed by atoms with Crippen molar-refractivity contribution in [3.8, 4) is 0 Å². The van der Waals surface area contributed by atoms with Crippen molar-refractivity contribution in [1.82, 2.24) is 4.90 Å². The second-order valence-electron chi connectivity index (χ2n) is 5.27. The predicted molar refractivity (Wildman–Crippen MR) is 80.9 cm³/mol. The number of nitro groups is 1. The minimum absolute atomic E-state index is 0.141. The van der Waals surface area contributed by atoms with Gasteiger partial charge in [-0.2, -0.15) is 0 Å². The number of non-ortho nitro benzene ring substituents is 1. The lowest BCUT2D eigenvalue weighted by molar-refractivity contribution is -0.384. The molecule has 0 aliphatic carbocycles. The molecule has 0 saturated heterocycles. The minimum Gasteiger partial charge on any atom is -0.274 e. The van der Waals surface area contributed by atoms with Gasteiger partial charge in [0.15, 0.2) is 0 Å². The fourth-order valence-corrected chi connectivity index (χ4v) is 2.77. The van der Waals surface area contributed by atoms with Gasteiger partial charge < -0.3 is 0 Å². The van der Waals surface area contributed by atoms with Crippen molar-refractivity contribution in [3.63, 3.8) is 0 Å². The molecule has 0 spiro atoms. The van der Waals surface area contributed by atoms with Crippen molar-refractivity contribution < 1.29 is 14.5 Å². The number of amides is 2. The summed E-state index contributed by atoms with van der Waals surface area (Å²) in [5.74, 6) is -0.781. The van der Waals surface area contributed by atoms with Gasteiger partial charge in [0.2, 0.25) is 0 Å². The van der Waals surface area contributed by atoms with Gasteiger partial charge in [-0.25, -0.2) is 0 Å². The minimum atomic E-state index is -0.525. The van der Waals surface area contributed by atoms with Crippen LogP contribution in [0.3, 0.4) is 0 Å². The molecular weight excluding hydrogens is 284 g/mol. The predicted octanol–water partition coefficient (Wildman–Crippen LogP) is 3.14. The first kappa shape index (κ1) is 14.2. The molecule has 2 aromatic rings. The quantitative estimate of drug-likeness (QED) is 0.493. The van der Waals surface area contributed by atoms with Crippen molar-refractivity contribution >= 4 is 28.3 Å². The zero-order chi connectivity index (χ0) is 15.9. The number of imide groups is 1. The normalized spacial score (nSPS) is 13.8. The van der Waals surface area contributed by atoms with Crippen LogP contribution < -0.4 is 0 Å². The highest BCUT2D eigenvalue weighted by molar-refractivity contribution is 6.25. The highest BCUT2D eigenvalue weighted by atomic mass is 16.6. The van der Waals surface area contributed by atoms with E-state index < -0.39 is 10.8 Å². The topological polar surface area (TPSA) is 80.5 Å². The molecule has 0 saturated carbocycles. The van der Waals surface area contributed by atoms with Crippen LogP contribution >= 0.6 is 0 Å². The molecule has 1 aliphatic heterocycles. The molecule has 6 heteroatoms. The number of benzene rings is 2. The van der Waals surface area contributed by atoms with Crippen LogP contribution in [0, 0.1) is 10.1 Å². The summed E-state index contributed by atoms with van der Waals surface area (Å²) in [4.78, 5) is 36.8. The zero-order valence-electron chi connectivity index (χ0n) is 12.0. The summed E-state index contributed by atoms with van der Waals surface area (Å²) in [7, 11) is 0. The van der Waals surface area contributed by atoms with Crippen LogP contribution in [-0.2, 0) is 0 Å². The summed E-state index contributed by atoms with van der Waals surface area (Å²) in [6, 6.07) is 7.67. The maximum atomic E-state index is 12.6. The van der Waals surface area contributed by atoms with Gasteiger partial charge in [0.25, 0.3) is 17.5 Å². The van der Waals surface area contributed by atoms with E-state index in [0.29, 0.717) is 29.3 Å². The van der Waals surface area contributed by atoms with Crippen LogP contribution in [0.4, 0.5) is 5.69 Å². The molecule has 112 valence electrons. The number of carbonyl (C=O) groups excluding carboxylic acids is 2. The average molecular weight is 298 g/mol. The van der Waals surface area contributed by atoms with Crippen molar-refractivity contribution in [2.24, 2.45) is 0 Å². The number of nitro benzene ring substituents is 1. The summed E-state index contributed by atoms with van der Waals surface area (Å²) >= 11 is 0. The molecule has 0 N–H and O–H groups in total. The average Bonchev–Trinajstić information content (AvgIpc) is 2.51. The van der Waals surface area contributed by atoms with Gasteiger partial charge in [0.1, 0.15) is 0 Å². The van der Waals surface area contributed by atoms with Crippen molar-refractivity contribution in [1.29, 1.82) is 0 Å². The molecule has 0 aromatic heterocycles. The lowest BCUT2D eigenvalue weighted by atomic mass is 9.93. The van der Waals surface area contributed by atoms with Gasteiger partial charge >= 0.3 is 0 Å². The molecule has 6 nitrogen and oxygen atoms in total. The summed E-state index contributed by atoms with van der Waals surface area (Å²) in [5, 5.41) is 12.1. The van der Waals surface area contributed by atoms with Crippen molar-refractivity contribution in [2.45, 2.75) is 19.8 Å². The molecule has 0 unspecified atom stereocenters. The van der Waals surface area contributed by atoms with E-state index in [-0.39, 0.29) is 17.2 Å². The van der Waals surface area contributed by atoms with Gasteiger partial charge in [-0.3, -0.25) is 24.6 Å². The van der Waals surface area contributed by atoms with Crippen LogP contribution in [0.15, 0.2) is 30.3 Å². The third kappa shape index (κ3) is 2.04. The lowest BCUT2D eigenvalue weighted by Crippen LogP contribution is -2.40. The zero-order valence-corrected chi connectivity index (χ0v) is 12.0. The molecule has 0 fully saturated rings.